The number of halogens is 1. The summed E-state index contributed by atoms with van der Waals surface area (Å²) < 4.78 is 6.35. The van der Waals surface area contributed by atoms with Gasteiger partial charge >= 0.3 is 0 Å². The lowest BCUT2D eigenvalue weighted by atomic mass is 9.65. The van der Waals surface area contributed by atoms with Crippen molar-refractivity contribution in [2.24, 2.45) is 17.1 Å². The minimum absolute atomic E-state index is 0.230. The van der Waals surface area contributed by atoms with Crippen molar-refractivity contribution in [3.8, 4) is 5.75 Å². The Kier molecular flexibility index (Phi) is 5.10. The first-order chi connectivity index (χ1) is 9.52. The van der Waals surface area contributed by atoms with Gasteiger partial charge in [-0.05, 0) is 37.0 Å². The topological polar surface area (TPSA) is 55.5 Å². The van der Waals surface area contributed by atoms with Crippen LogP contribution in [0.4, 0.5) is 0 Å². The fourth-order valence-electron chi connectivity index (χ4n) is 3.49. The van der Waals surface area contributed by atoms with Crippen LogP contribution in [0.5, 0.6) is 5.75 Å². The molecule has 0 spiro atoms. The van der Waals surface area contributed by atoms with Gasteiger partial charge < -0.3 is 15.6 Å². The van der Waals surface area contributed by atoms with Crippen LogP contribution in [-0.4, -0.2) is 18.8 Å². The summed E-state index contributed by atoms with van der Waals surface area (Å²) in [6.45, 7) is 2.75. The molecule has 3 N–H and O–H groups in total. The molecule has 1 saturated carbocycles. The predicted octanol–water partition coefficient (Wildman–Crippen LogP) is 3.65. The highest BCUT2D eigenvalue weighted by molar-refractivity contribution is 9.10. The third-order valence-corrected chi connectivity index (χ3v) is 5.09. The van der Waals surface area contributed by atoms with Crippen LogP contribution in [0.15, 0.2) is 22.7 Å². The van der Waals surface area contributed by atoms with Crippen molar-refractivity contribution < 1.29 is 9.84 Å². The lowest BCUT2D eigenvalue weighted by Crippen LogP contribution is -2.40. The molecule has 1 aliphatic rings. The smallest absolute Gasteiger partial charge is 0.124 e. The number of rotatable bonds is 4. The predicted molar refractivity (Wildman–Crippen MR) is 84.8 cm³/mol. The highest BCUT2D eigenvalue weighted by atomic mass is 79.9. The van der Waals surface area contributed by atoms with Gasteiger partial charge in [-0.3, -0.25) is 0 Å². The summed E-state index contributed by atoms with van der Waals surface area (Å²) in [5.74, 6) is 1.34. The van der Waals surface area contributed by atoms with Gasteiger partial charge in [0.1, 0.15) is 5.75 Å². The van der Waals surface area contributed by atoms with E-state index >= 15 is 0 Å². The van der Waals surface area contributed by atoms with E-state index in [0.29, 0.717) is 12.5 Å². The van der Waals surface area contributed by atoms with Crippen LogP contribution in [-0.2, 0) is 0 Å². The molecule has 0 radical (unpaired) electrons. The largest absolute Gasteiger partial charge is 0.496 e. The maximum Gasteiger partial charge on any atom is 0.124 e. The van der Waals surface area contributed by atoms with Gasteiger partial charge in [-0.15, -0.1) is 0 Å². The van der Waals surface area contributed by atoms with Gasteiger partial charge in [0, 0.05) is 22.0 Å². The Balaban J connectivity index is 2.37. The average Bonchev–Trinajstić information content (AvgIpc) is 2.46. The lowest BCUT2D eigenvalue weighted by Gasteiger charge is -2.43. The monoisotopic (exact) mass is 341 g/mol. The molecule has 0 aliphatic heterocycles. The Morgan fingerprint density at radius 2 is 2.30 bits per heavy atom. The van der Waals surface area contributed by atoms with Gasteiger partial charge in [-0.1, -0.05) is 35.7 Å². The second kappa shape index (κ2) is 6.46. The molecular formula is C16H24BrNO2. The van der Waals surface area contributed by atoms with Crippen molar-refractivity contribution in [2.75, 3.05) is 13.7 Å². The maximum atomic E-state index is 11.0. The fraction of sp³-hybridized carbons (Fsp3) is 0.625. The summed E-state index contributed by atoms with van der Waals surface area (Å²) in [5.41, 5.74) is 6.66. The molecule has 1 fully saturated rings. The Hall–Kier alpha value is -0.580. The van der Waals surface area contributed by atoms with Gasteiger partial charge in [0.2, 0.25) is 0 Å². The van der Waals surface area contributed by atoms with E-state index in [-0.39, 0.29) is 5.41 Å². The normalized spacial score (nSPS) is 28.1. The van der Waals surface area contributed by atoms with Crippen LogP contribution in [0.1, 0.15) is 44.3 Å². The Morgan fingerprint density at radius 1 is 1.55 bits per heavy atom. The number of ether oxygens (including phenoxy) is 1. The molecule has 0 aromatic heterocycles. The van der Waals surface area contributed by atoms with Crippen LogP contribution >= 0.6 is 15.9 Å². The molecule has 20 heavy (non-hydrogen) atoms. The molecule has 3 nitrogen and oxygen atoms in total. The lowest BCUT2D eigenvalue weighted by molar-refractivity contribution is -0.0143. The third-order valence-electron chi connectivity index (χ3n) is 4.60. The van der Waals surface area contributed by atoms with Crippen LogP contribution in [0, 0.1) is 11.3 Å². The first kappa shape index (κ1) is 15.8. The number of benzene rings is 1. The zero-order valence-corrected chi connectivity index (χ0v) is 13.8. The molecule has 1 aliphatic carbocycles. The minimum atomic E-state index is -0.581. The number of hydrogen-bond acceptors (Lipinski definition) is 3. The molecule has 112 valence electrons. The molecule has 0 heterocycles. The van der Waals surface area contributed by atoms with E-state index in [1.165, 1.54) is 6.42 Å². The van der Waals surface area contributed by atoms with Crippen LogP contribution < -0.4 is 10.5 Å². The van der Waals surface area contributed by atoms with Crippen molar-refractivity contribution >= 4 is 15.9 Å². The molecule has 3 atom stereocenters. The van der Waals surface area contributed by atoms with Crippen molar-refractivity contribution in [2.45, 2.75) is 38.7 Å². The van der Waals surface area contributed by atoms with Gasteiger partial charge in [-0.25, -0.2) is 0 Å². The average molecular weight is 342 g/mol. The van der Waals surface area contributed by atoms with Gasteiger partial charge in [0.25, 0.3) is 0 Å². The van der Waals surface area contributed by atoms with Crippen LogP contribution in [0.25, 0.3) is 0 Å². The summed E-state index contributed by atoms with van der Waals surface area (Å²) >= 11 is 3.47. The van der Waals surface area contributed by atoms with Crippen molar-refractivity contribution in [3.63, 3.8) is 0 Å². The first-order valence-corrected chi connectivity index (χ1v) is 8.03. The van der Waals surface area contributed by atoms with Crippen molar-refractivity contribution in [1.29, 1.82) is 0 Å². The number of hydrogen-bond donors (Lipinski definition) is 2. The second-order valence-electron chi connectivity index (χ2n) is 6.06. The Bertz CT molecular complexity index is 466. The highest BCUT2D eigenvalue weighted by Crippen LogP contribution is 2.49. The van der Waals surface area contributed by atoms with E-state index in [9.17, 15) is 5.11 Å². The van der Waals surface area contributed by atoms with Crippen LogP contribution in [0.2, 0.25) is 0 Å². The third kappa shape index (κ3) is 3.02. The van der Waals surface area contributed by atoms with Gasteiger partial charge in [0.05, 0.1) is 13.2 Å². The fourth-order valence-corrected chi connectivity index (χ4v) is 3.87. The summed E-state index contributed by atoms with van der Waals surface area (Å²) in [6, 6.07) is 5.76. The first-order valence-electron chi connectivity index (χ1n) is 7.24. The Morgan fingerprint density at radius 3 is 2.90 bits per heavy atom. The molecule has 2 rings (SSSR count). The van der Waals surface area contributed by atoms with E-state index in [1.54, 1.807) is 7.11 Å². The van der Waals surface area contributed by atoms with Gasteiger partial charge in [0.15, 0.2) is 0 Å². The molecule has 1 aromatic carbocycles. The zero-order valence-electron chi connectivity index (χ0n) is 12.2. The second-order valence-corrected chi connectivity index (χ2v) is 6.97. The van der Waals surface area contributed by atoms with E-state index < -0.39 is 6.10 Å². The number of aliphatic hydroxyl groups is 1. The van der Waals surface area contributed by atoms with Crippen molar-refractivity contribution in [1.82, 2.24) is 0 Å². The van der Waals surface area contributed by atoms with Crippen LogP contribution in [0.3, 0.4) is 0 Å². The van der Waals surface area contributed by atoms with E-state index in [4.69, 9.17) is 10.5 Å². The molecule has 4 heteroatoms. The zero-order chi connectivity index (χ0) is 14.8. The minimum Gasteiger partial charge on any atom is -0.496 e. The SMILES string of the molecule is COc1ccc(Br)cc1C(O)C1(CN)CCCC(C)C1. The van der Waals surface area contributed by atoms with E-state index in [0.717, 1.165) is 35.0 Å². The molecule has 1 aromatic rings. The molecule has 0 saturated heterocycles. The Labute approximate surface area is 129 Å². The van der Waals surface area contributed by atoms with E-state index in [1.807, 2.05) is 18.2 Å². The molecule has 0 bridgehead atoms. The molecule has 3 unspecified atom stereocenters. The standard InChI is InChI=1S/C16H24BrNO2/c1-11-4-3-7-16(9-11,10-18)15(19)13-8-12(17)5-6-14(13)20-2/h5-6,8,11,15,19H,3-4,7,9-10,18H2,1-2H3. The summed E-state index contributed by atoms with van der Waals surface area (Å²) in [4.78, 5) is 0. The number of aliphatic hydroxyl groups excluding tert-OH is 1. The summed E-state index contributed by atoms with van der Waals surface area (Å²) in [6.07, 6.45) is 3.73. The number of nitrogens with two attached hydrogens (primary N) is 1. The van der Waals surface area contributed by atoms with Gasteiger partial charge in [-0.2, -0.15) is 0 Å². The van der Waals surface area contributed by atoms with E-state index in [2.05, 4.69) is 22.9 Å². The summed E-state index contributed by atoms with van der Waals surface area (Å²) in [7, 11) is 1.64. The summed E-state index contributed by atoms with van der Waals surface area (Å²) in [5, 5.41) is 11.0. The van der Waals surface area contributed by atoms with Crippen molar-refractivity contribution in [3.05, 3.63) is 28.2 Å². The molecule has 0 amide bonds. The maximum absolute atomic E-state index is 11.0. The highest BCUT2D eigenvalue weighted by Gasteiger charge is 2.41. The molecular weight excluding hydrogens is 318 g/mol. The number of methoxy groups -OCH3 is 1. The quantitative estimate of drug-likeness (QED) is 0.878.